The average molecular weight is 245 g/mol. The number of anilines is 1. The molecular formula is C13H15N3O2. The predicted molar refractivity (Wildman–Crippen MR) is 68.2 cm³/mol. The Morgan fingerprint density at radius 1 is 1.50 bits per heavy atom. The molecule has 0 spiro atoms. The zero-order valence-corrected chi connectivity index (χ0v) is 10.1. The third-order valence-corrected chi connectivity index (χ3v) is 3.20. The predicted octanol–water partition coefficient (Wildman–Crippen LogP) is 1.93. The number of ether oxygens (including phenoxy) is 1. The molecule has 1 aliphatic heterocycles. The van der Waals surface area contributed by atoms with Crippen LogP contribution in [0.5, 0.6) is 0 Å². The third kappa shape index (κ3) is 2.09. The van der Waals surface area contributed by atoms with E-state index in [0.717, 1.165) is 17.5 Å². The fourth-order valence-corrected chi connectivity index (χ4v) is 2.23. The lowest BCUT2D eigenvalue weighted by Crippen LogP contribution is -2.23. The summed E-state index contributed by atoms with van der Waals surface area (Å²) in [7, 11) is 0. The molecule has 1 saturated heterocycles. The topological polar surface area (TPSA) is 67.0 Å². The largest absolute Gasteiger partial charge is 0.378 e. The van der Waals surface area contributed by atoms with Crippen molar-refractivity contribution in [3.63, 3.8) is 0 Å². The molecule has 1 amide bonds. The van der Waals surface area contributed by atoms with Crippen molar-refractivity contribution in [3.8, 4) is 0 Å². The van der Waals surface area contributed by atoms with Crippen LogP contribution in [0.15, 0.2) is 24.3 Å². The van der Waals surface area contributed by atoms with Crippen molar-refractivity contribution < 1.29 is 9.53 Å². The lowest BCUT2D eigenvalue weighted by molar-refractivity contribution is -0.119. The fraction of sp³-hybridized carbons (Fsp3) is 0.385. The first kappa shape index (κ1) is 11.2. The summed E-state index contributed by atoms with van der Waals surface area (Å²) in [4.78, 5) is 19.4. The number of hydrogen-bond donors (Lipinski definition) is 2. The molecule has 5 nitrogen and oxygen atoms in total. The van der Waals surface area contributed by atoms with Crippen molar-refractivity contribution in [2.24, 2.45) is 5.92 Å². The van der Waals surface area contributed by atoms with Crippen molar-refractivity contribution in [1.82, 2.24) is 9.97 Å². The lowest BCUT2D eigenvalue weighted by Gasteiger charge is -2.06. The summed E-state index contributed by atoms with van der Waals surface area (Å²) in [6, 6.07) is 7.68. The first-order chi connectivity index (χ1) is 8.72. The Balaban J connectivity index is 1.74. The molecule has 5 heteroatoms. The highest BCUT2D eigenvalue weighted by Crippen LogP contribution is 2.21. The summed E-state index contributed by atoms with van der Waals surface area (Å²) in [6.07, 6.45) is 0.933. The van der Waals surface area contributed by atoms with Gasteiger partial charge in [-0.3, -0.25) is 10.1 Å². The number of hydrogen-bond acceptors (Lipinski definition) is 3. The molecule has 2 heterocycles. The molecule has 2 aromatic rings. The molecule has 1 aromatic carbocycles. The van der Waals surface area contributed by atoms with Crippen molar-refractivity contribution in [3.05, 3.63) is 24.3 Å². The molecule has 0 radical (unpaired) electrons. The Labute approximate surface area is 105 Å². The van der Waals surface area contributed by atoms with E-state index < -0.39 is 0 Å². The van der Waals surface area contributed by atoms with E-state index in [9.17, 15) is 4.79 Å². The van der Waals surface area contributed by atoms with Gasteiger partial charge in [-0.1, -0.05) is 12.1 Å². The maximum atomic E-state index is 12.0. The van der Waals surface area contributed by atoms with E-state index in [1.165, 1.54) is 0 Å². The first-order valence-corrected chi connectivity index (χ1v) is 6.09. The Morgan fingerprint density at radius 2 is 2.33 bits per heavy atom. The van der Waals surface area contributed by atoms with Crippen molar-refractivity contribution >= 4 is 22.9 Å². The number of aromatic amines is 1. The lowest BCUT2D eigenvalue weighted by atomic mass is 10.1. The zero-order chi connectivity index (χ0) is 12.5. The van der Waals surface area contributed by atoms with Gasteiger partial charge in [0.2, 0.25) is 11.9 Å². The number of benzene rings is 1. The Bertz CT molecular complexity index is 545. The maximum absolute atomic E-state index is 12.0. The van der Waals surface area contributed by atoms with E-state index in [2.05, 4.69) is 15.3 Å². The summed E-state index contributed by atoms with van der Waals surface area (Å²) in [5.74, 6) is 0.396. The SMILES string of the molecule is CC1CC(C(=O)Nc2nc3ccccc3[nH]2)CO1. The molecule has 18 heavy (non-hydrogen) atoms. The Kier molecular flexibility index (Phi) is 2.76. The minimum atomic E-state index is -0.0757. The molecular weight excluding hydrogens is 230 g/mol. The van der Waals surface area contributed by atoms with Crippen LogP contribution in [0, 0.1) is 5.92 Å². The average Bonchev–Trinajstić information content (AvgIpc) is 2.94. The normalized spacial score (nSPS) is 23.4. The molecule has 2 N–H and O–H groups in total. The van der Waals surface area contributed by atoms with Gasteiger partial charge in [-0.25, -0.2) is 4.98 Å². The van der Waals surface area contributed by atoms with Gasteiger partial charge in [0.1, 0.15) is 0 Å². The fourth-order valence-electron chi connectivity index (χ4n) is 2.23. The van der Waals surface area contributed by atoms with Crippen molar-refractivity contribution in [1.29, 1.82) is 0 Å². The monoisotopic (exact) mass is 245 g/mol. The molecule has 2 atom stereocenters. The van der Waals surface area contributed by atoms with E-state index in [0.29, 0.717) is 12.6 Å². The molecule has 1 fully saturated rings. The van der Waals surface area contributed by atoms with E-state index in [-0.39, 0.29) is 17.9 Å². The molecule has 3 rings (SSSR count). The van der Waals surface area contributed by atoms with Gasteiger partial charge in [0.15, 0.2) is 0 Å². The molecule has 94 valence electrons. The van der Waals surface area contributed by atoms with Crippen LogP contribution < -0.4 is 5.32 Å². The highest BCUT2D eigenvalue weighted by atomic mass is 16.5. The second kappa shape index (κ2) is 4.42. The van der Waals surface area contributed by atoms with Crippen LogP contribution in [0.2, 0.25) is 0 Å². The number of nitrogens with one attached hydrogen (secondary N) is 2. The van der Waals surface area contributed by atoms with Crippen LogP contribution in [-0.2, 0) is 9.53 Å². The highest BCUT2D eigenvalue weighted by molar-refractivity contribution is 5.92. The van der Waals surface area contributed by atoms with Crippen LogP contribution in [0.25, 0.3) is 11.0 Å². The minimum absolute atomic E-state index is 0.0293. The molecule has 0 aliphatic carbocycles. The van der Waals surface area contributed by atoms with Crippen LogP contribution in [0.3, 0.4) is 0 Å². The van der Waals surface area contributed by atoms with Crippen molar-refractivity contribution in [2.45, 2.75) is 19.4 Å². The standard InChI is InChI=1S/C13H15N3O2/c1-8-6-9(7-18-8)12(17)16-13-14-10-4-2-3-5-11(10)15-13/h2-5,8-9H,6-7H2,1H3,(H2,14,15,16,17). The summed E-state index contributed by atoms with van der Waals surface area (Å²) in [5.41, 5.74) is 1.77. The minimum Gasteiger partial charge on any atom is -0.378 e. The summed E-state index contributed by atoms with van der Waals surface area (Å²) in [5, 5.41) is 2.81. The van der Waals surface area contributed by atoms with E-state index in [4.69, 9.17) is 4.74 Å². The zero-order valence-electron chi connectivity index (χ0n) is 10.1. The smallest absolute Gasteiger partial charge is 0.232 e. The van der Waals surface area contributed by atoms with Gasteiger partial charge in [0.05, 0.1) is 29.7 Å². The molecule has 0 saturated carbocycles. The van der Waals surface area contributed by atoms with Gasteiger partial charge in [-0.05, 0) is 25.5 Å². The van der Waals surface area contributed by atoms with E-state index in [1.807, 2.05) is 31.2 Å². The highest BCUT2D eigenvalue weighted by Gasteiger charge is 2.28. The van der Waals surface area contributed by atoms with Crippen molar-refractivity contribution in [2.75, 3.05) is 11.9 Å². The Hall–Kier alpha value is -1.88. The number of fused-ring (bicyclic) bond motifs is 1. The number of carbonyl (C=O) groups excluding carboxylic acids is 1. The number of imidazole rings is 1. The third-order valence-electron chi connectivity index (χ3n) is 3.20. The molecule has 2 unspecified atom stereocenters. The number of carbonyl (C=O) groups is 1. The van der Waals surface area contributed by atoms with Gasteiger partial charge in [-0.2, -0.15) is 0 Å². The molecule has 0 bridgehead atoms. The number of amides is 1. The van der Waals surface area contributed by atoms with Gasteiger partial charge in [0, 0.05) is 0 Å². The second-order valence-corrected chi connectivity index (χ2v) is 4.67. The Morgan fingerprint density at radius 3 is 3.06 bits per heavy atom. The van der Waals surface area contributed by atoms with Crippen LogP contribution in [0.1, 0.15) is 13.3 Å². The summed E-state index contributed by atoms with van der Waals surface area (Å²) < 4.78 is 5.39. The van der Waals surface area contributed by atoms with Gasteiger partial charge >= 0.3 is 0 Å². The quantitative estimate of drug-likeness (QED) is 0.849. The van der Waals surface area contributed by atoms with E-state index >= 15 is 0 Å². The number of aromatic nitrogens is 2. The molecule has 1 aliphatic rings. The summed E-state index contributed by atoms with van der Waals surface area (Å²) >= 11 is 0. The first-order valence-electron chi connectivity index (χ1n) is 6.09. The number of H-pyrrole nitrogens is 1. The number of para-hydroxylation sites is 2. The summed E-state index contributed by atoms with van der Waals surface area (Å²) in [6.45, 7) is 2.47. The number of rotatable bonds is 2. The van der Waals surface area contributed by atoms with Crippen LogP contribution in [-0.4, -0.2) is 28.6 Å². The van der Waals surface area contributed by atoms with Gasteiger partial charge in [-0.15, -0.1) is 0 Å². The van der Waals surface area contributed by atoms with Gasteiger partial charge in [0.25, 0.3) is 0 Å². The van der Waals surface area contributed by atoms with Crippen LogP contribution in [0.4, 0.5) is 5.95 Å². The number of nitrogens with zero attached hydrogens (tertiary/aromatic N) is 1. The molecule has 1 aromatic heterocycles. The van der Waals surface area contributed by atoms with Gasteiger partial charge < -0.3 is 9.72 Å². The second-order valence-electron chi connectivity index (χ2n) is 4.67. The van der Waals surface area contributed by atoms with E-state index in [1.54, 1.807) is 0 Å². The maximum Gasteiger partial charge on any atom is 0.232 e. The van der Waals surface area contributed by atoms with Crippen LogP contribution >= 0.6 is 0 Å².